The molecule has 0 saturated carbocycles. The van der Waals surface area contributed by atoms with E-state index in [1.165, 1.54) is 18.2 Å². The third-order valence-corrected chi connectivity index (χ3v) is 2.93. The summed E-state index contributed by atoms with van der Waals surface area (Å²) in [6, 6.07) is 4.37. The summed E-state index contributed by atoms with van der Waals surface area (Å²) in [6.07, 6.45) is -2.12. The lowest BCUT2D eigenvalue weighted by molar-refractivity contribution is -0.129. The Labute approximate surface area is 102 Å². The Balaban J connectivity index is 2.48. The lowest BCUT2D eigenvalue weighted by atomic mass is 9.96. The maximum absolute atomic E-state index is 12.5. The van der Waals surface area contributed by atoms with Crippen LogP contribution in [0.15, 0.2) is 18.2 Å². The second kappa shape index (κ2) is 4.72. The number of carboxylic acids is 1. The van der Waals surface area contributed by atoms with Gasteiger partial charge in [0.2, 0.25) is 0 Å². The highest BCUT2D eigenvalue weighted by molar-refractivity contribution is 5.99. The van der Waals surface area contributed by atoms with Crippen LogP contribution in [0.2, 0.25) is 0 Å². The summed E-state index contributed by atoms with van der Waals surface area (Å²) >= 11 is 0. The van der Waals surface area contributed by atoms with Crippen molar-refractivity contribution in [3.05, 3.63) is 29.3 Å². The third-order valence-electron chi connectivity index (χ3n) is 2.93. The number of fused-ring (bicyclic) bond motifs is 1. The molecule has 1 amide bonds. The van der Waals surface area contributed by atoms with Gasteiger partial charge in [-0.3, -0.25) is 4.79 Å². The number of hydrogen-bond acceptors (Lipinski definition) is 2. The van der Waals surface area contributed by atoms with E-state index in [9.17, 15) is 18.4 Å². The number of carbonyl (C=O) groups is 2. The molecule has 0 unspecified atom stereocenters. The summed E-state index contributed by atoms with van der Waals surface area (Å²) < 4.78 is 24.9. The Hall–Kier alpha value is -1.98. The summed E-state index contributed by atoms with van der Waals surface area (Å²) in [4.78, 5) is 23.4. The van der Waals surface area contributed by atoms with Crippen LogP contribution in [0.5, 0.6) is 0 Å². The molecule has 1 aliphatic heterocycles. The van der Waals surface area contributed by atoms with Crippen LogP contribution in [-0.2, 0) is 11.2 Å². The zero-order valence-corrected chi connectivity index (χ0v) is 9.40. The number of carbonyl (C=O) groups excluding carboxylic acids is 1. The molecule has 1 aliphatic rings. The fourth-order valence-corrected chi connectivity index (χ4v) is 2.17. The molecule has 2 rings (SSSR count). The molecule has 0 atom stereocenters. The Bertz CT molecular complexity index is 502. The molecule has 0 saturated heterocycles. The number of nitrogens with zero attached hydrogens (tertiary/aromatic N) is 1. The first-order valence-electron chi connectivity index (χ1n) is 5.47. The Kier molecular flexibility index (Phi) is 3.27. The van der Waals surface area contributed by atoms with Gasteiger partial charge in [-0.25, -0.2) is 4.79 Å². The number of benzene rings is 1. The van der Waals surface area contributed by atoms with Crippen LogP contribution >= 0.6 is 0 Å². The second-order valence-electron chi connectivity index (χ2n) is 4.00. The summed E-state index contributed by atoms with van der Waals surface area (Å²) in [5, 5.41) is 9.02. The molecule has 1 heterocycles. The van der Waals surface area contributed by atoms with E-state index in [-0.39, 0.29) is 17.8 Å². The standard InChI is InChI=1S/C12H11F2NO3/c13-10(14)11(16)15-6-2-4-7-8(12(17)18)3-1-5-9(7)15/h1,3,5,10H,2,4,6H2,(H,17,18). The SMILES string of the molecule is O=C(O)c1cccc2c1CCCN2C(=O)C(F)F. The smallest absolute Gasteiger partial charge is 0.336 e. The molecular formula is C12H11F2NO3. The highest BCUT2D eigenvalue weighted by Gasteiger charge is 2.30. The van der Waals surface area contributed by atoms with Crippen molar-refractivity contribution >= 4 is 17.6 Å². The van der Waals surface area contributed by atoms with Crippen LogP contribution < -0.4 is 4.90 Å². The van der Waals surface area contributed by atoms with Gasteiger partial charge >= 0.3 is 12.4 Å². The largest absolute Gasteiger partial charge is 0.478 e. The monoisotopic (exact) mass is 255 g/mol. The van der Waals surface area contributed by atoms with Gasteiger partial charge in [0.15, 0.2) is 0 Å². The maximum Gasteiger partial charge on any atom is 0.336 e. The van der Waals surface area contributed by atoms with E-state index in [2.05, 4.69) is 0 Å². The molecular weight excluding hydrogens is 244 g/mol. The minimum absolute atomic E-state index is 0.0688. The Morgan fingerprint density at radius 1 is 1.33 bits per heavy atom. The van der Waals surface area contributed by atoms with Crippen LogP contribution in [0, 0.1) is 0 Å². The summed E-state index contributed by atoms with van der Waals surface area (Å²) in [6.45, 7) is 0.194. The van der Waals surface area contributed by atoms with Gasteiger partial charge in [-0.05, 0) is 30.5 Å². The summed E-state index contributed by atoms with van der Waals surface area (Å²) in [7, 11) is 0. The summed E-state index contributed by atoms with van der Waals surface area (Å²) in [5.41, 5.74) is 0.802. The first-order valence-corrected chi connectivity index (χ1v) is 5.47. The number of rotatable bonds is 2. The predicted octanol–water partition coefficient (Wildman–Crippen LogP) is 1.93. The Morgan fingerprint density at radius 3 is 2.67 bits per heavy atom. The van der Waals surface area contributed by atoms with Crippen molar-refractivity contribution in [2.75, 3.05) is 11.4 Å². The molecule has 0 spiro atoms. The number of halogens is 2. The minimum atomic E-state index is -3.08. The van der Waals surface area contributed by atoms with Crippen molar-refractivity contribution in [2.24, 2.45) is 0 Å². The van der Waals surface area contributed by atoms with Crippen LogP contribution in [0.25, 0.3) is 0 Å². The lowest BCUT2D eigenvalue weighted by Gasteiger charge is -2.30. The molecule has 18 heavy (non-hydrogen) atoms. The first kappa shape index (κ1) is 12.5. The number of carboxylic acid groups (broad SMARTS) is 1. The minimum Gasteiger partial charge on any atom is -0.478 e. The van der Waals surface area contributed by atoms with Crippen LogP contribution in [-0.4, -0.2) is 30.0 Å². The Morgan fingerprint density at radius 2 is 2.06 bits per heavy atom. The number of alkyl halides is 2. The van der Waals surface area contributed by atoms with Gasteiger partial charge in [-0.2, -0.15) is 8.78 Å². The van der Waals surface area contributed by atoms with E-state index in [1.807, 2.05) is 0 Å². The highest BCUT2D eigenvalue weighted by Crippen LogP contribution is 2.30. The average Bonchev–Trinajstić information content (AvgIpc) is 2.36. The predicted molar refractivity (Wildman–Crippen MR) is 60.1 cm³/mol. The van der Waals surface area contributed by atoms with Gasteiger partial charge in [0.25, 0.3) is 5.91 Å². The molecule has 0 fully saturated rings. The fraction of sp³-hybridized carbons (Fsp3) is 0.333. The van der Waals surface area contributed by atoms with Crippen LogP contribution in [0.3, 0.4) is 0 Å². The number of amides is 1. The van der Waals surface area contributed by atoms with Crippen LogP contribution in [0.4, 0.5) is 14.5 Å². The summed E-state index contributed by atoms with van der Waals surface area (Å²) in [5.74, 6) is -2.39. The normalized spacial score (nSPS) is 14.5. The van der Waals surface area contributed by atoms with E-state index in [4.69, 9.17) is 5.11 Å². The van der Waals surface area contributed by atoms with Crippen molar-refractivity contribution in [3.8, 4) is 0 Å². The molecule has 6 heteroatoms. The van der Waals surface area contributed by atoms with E-state index in [0.717, 1.165) is 4.90 Å². The van der Waals surface area contributed by atoms with Crippen molar-refractivity contribution in [1.29, 1.82) is 0 Å². The van der Waals surface area contributed by atoms with Crippen molar-refractivity contribution < 1.29 is 23.5 Å². The van der Waals surface area contributed by atoms with Gasteiger partial charge in [0.1, 0.15) is 0 Å². The van der Waals surface area contributed by atoms with Gasteiger partial charge in [0, 0.05) is 12.2 Å². The molecule has 4 nitrogen and oxygen atoms in total. The third kappa shape index (κ3) is 2.05. The number of aromatic carboxylic acids is 1. The van der Waals surface area contributed by atoms with Gasteiger partial charge in [-0.15, -0.1) is 0 Å². The van der Waals surface area contributed by atoms with Gasteiger partial charge in [0.05, 0.1) is 5.56 Å². The quantitative estimate of drug-likeness (QED) is 0.878. The van der Waals surface area contributed by atoms with E-state index in [0.29, 0.717) is 18.4 Å². The molecule has 1 aromatic rings. The maximum atomic E-state index is 12.5. The molecule has 1 N–H and O–H groups in total. The zero-order chi connectivity index (χ0) is 13.3. The van der Waals surface area contributed by atoms with Crippen LogP contribution in [0.1, 0.15) is 22.3 Å². The zero-order valence-electron chi connectivity index (χ0n) is 9.40. The van der Waals surface area contributed by atoms with Gasteiger partial charge in [-0.1, -0.05) is 6.07 Å². The average molecular weight is 255 g/mol. The van der Waals surface area contributed by atoms with E-state index in [1.54, 1.807) is 0 Å². The van der Waals surface area contributed by atoms with Gasteiger partial charge < -0.3 is 10.0 Å². The van der Waals surface area contributed by atoms with Crippen molar-refractivity contribution in [3.63, 3.8) is 0 Å². The second-order valence-corrected chi connectivity index (χ2v) is 4.00. The molecule has 96 valence electrons. The fourth-order valence-electron chi connectivity index (χ4n) is 2.17. The van der Waals surface area contributed by atoms with E-state index < -0.39 is 18.3 Å². The number of anilines is 1. The van der Waals surface area contributed by atoms with E-state index >= 15 is 0 Å². The van der Waals surface area contributed by atoms with Crippen molar-refractivity contribution in [2.45, 2.75) is 19.3 Å². The molecule has 1 aromatic carbocycles. The topological polar surface area (TPSA) is 57.6 Å². The molecule has 0 aliphatic carbocycles. The lowest BCUT2D eigenvalue weighted by Crippen LogP contribution is -2.39. The molecule has 0 bridgehead atoms. The highest BCUT2D eigenvalue weighted by atomic mass is 19.3. The first-order chi connectivity index (χ1) is 8.52. The van der Waals surface area contributed by atoms with Crippen molar-refractivity contribution in [1.82, 2.24) is 0 Å². The number of hydrogen-bond donors (Lipinski definition) is 1. The molecule has 0 aromatic heterocycles. The molecule has 0 radical (unpaired) electrons.